The SMILES string of the molecule is C[C@@H](NC(=O)[C@H]1CCc2nc(N3CCOCC3)ncc2C1)c1ccco1. The van der Waals surface area contributed by atoms with Crippen LogP contribution in [0.2, 0.25) is 0 Å². The van der Waals surface area contributed by atoms with Crippen LogP contribution < -0.4 is 10.2 Å². The number of ether oxygens (including phenoxy) is 1. The van der Waals surface area contributed by atoms with Crippen LogP contribution in [0.25, 0.3) is 0 Å². The van der Waals surface area contributed by atoms with Crippen molar-refractivity contribution in [1.82, 2.24) is 15.3 Å². The molecule has 138 valence electrons. The maximum Gasteiger partial charge on any atom is 0.225 e. The molecule has 3 heterocycles. The van der Waals surface area contributed by atoms with Crippen molar-refractivity contribution in [1.29, 1.82) is 0 Å². The maximum atomic E-state index is 12.6. The summed E-state index contributed by atoms with van der Waals surface area (Å²) in [5.41, 5.74) is 2.16. The van der Waals surface area contributed by atoms with E-state index in [4.69, 9.17) is 14.1 Å². The summed E-state index contributed by atoms with van der Waals surface area (Å²) >= 11 is 0. The Hall–Kier alpha value is -2.41. The third kappa shape index (κ3) is 3.58. The van der Waals surface area contributed by atoms with Gasteiger partial charge in [-0.05, 0) is 43.9 Å². The highest BCUT2D eigenvalue weighted by molar-refractivity contribution is 5.79. The van der Waals surface area contributed by atoms with Gasteiger partial charge in [-0.15, -0.1) is 0 Å². The van der Waals surface area contributed by atoms with Crippen LogP contribution in [-0.2, 0) is 22.4 Å². The number of nitrogens with zero attached hydrogens (tertiary/aromatic N) is 3. The van der Waals surface area contributed by atoms with Gasteiger partial charge in [0.2, 0.25) is 11.9 Å². The van der Waals surface area contributed by atoms with Crippen LogP contribution in [0.5, 0.6) is 0 Å². The molecule has 2 aromatic rings. The minimum Gasteiger partial charge on any atom is -0.467 e. The second kappa shape index (κ2) is 7.45. The normalized spacial score (nSPS) is 21.1. The molecule has 2 aromatic heterocycles. The fraction of sp³-hybridized carbons (Fsp3) is 0.526. The number of nitrogens with one attached hydrogen (secondary N) is 1. The van der Waals surface area contributed by atoms with Gasteiger partial charge in [-0.3, -0.25) is 4.79 Å². The van der Waals surface area contributed by atoms with Gasteiger partial charge < -0.3 is 19.4 Å². The van der Waals surface area contributed by atoms with E-state index in [-0.39, 0.29) is 17.9 Å². The quantitative estimate of drug-likeness (QED) is 0.901. The van der Waals surface area contributed by atoms with Crippen molar-refractivity contribution in [3.63, 3.8) is 0 Å². The van der Waals surface area contributed by atoms with Gasteiger partial charge in [0.15, 0.2) is 0 Å². The number of aryl methyl sites for hydroxylation is 1. The van der Waals surface area contributed by atoms with Crippen molar-refractivity contribution in [2.45, 2.75) is 32.2 Å². The molecular weight excluding hydrogens is 332 g/mol. The summed E-state index contributed by atoms with van der Waals surface area (Å²) in [7, 11) is 0. The van der Waals surface area contributed by atoms with E-state index in [2.05, 4.69) is 15.2 Å². The summed E-state index contributed by atoms with van der Waals surface area (Å²) in [6.45, 7) is 5.03. The molecule has 1 saturated heterocycles. The minimum atomic E-state index is -0.126. The first-order chi connectivity index (χ1) is 12.7. The fourth-order valence-electron chi connectivity index (χ4n) is 3.58. The number of furan rings is 1. The number of fused-ring (bicyclic) bond motifs is 1. The van der Waals surface area contributed by atoms with E-state index in [0.29, 0.717) is 6.42 Å². The lowest BCUT2D eigenvalue weighted by Gasteiger charge is -2.29. The molecule has 2 atom stereocenters. The number of hydrogen-bond acceptors (Lipinski definition) is 6. The van der Waals surface area contributed by atoms with Crippen molar-refractivity contribution in [2.75, 3.05) is 31.2 Å². The van der Waals surface area contributed by atoms with Crippen LogP contribution in [-0.4, -0.2) is 42.2 Å². The zero-order valence-electron chi connectivity index (χ0n) is 15.0. The number of hydrogen-bond donors (Lipinski definition) is 1. The van der Waals surface area contributed by atoms with Crippen LogP contribution in [0.4, 0.5) is 5.95 Å². The van der Waals surface area contributed by atoms with Gasteiger partial charge in [0.1, 0.15) is 5.76 Å². The van der Waals surface area contributed by atoms with Crippen LogP contribution in [0, 0.1) is 5.92 Å². The Morgan fingerprint density at radius 3 is 3.00 bits per heavy atom. The monoisotopic (exact) mass is 356 g/mol. The smallest absolute Gasteiger partial charge is 0.225 e. The second-order valence-corrected chi connectivity index (χ2v) is 6.93. The Kier molecular flexibility index (Phi) is 4.88. The highest BCUT2D eigenvalue weighted by atomic mass is 16.5. The molecule has 4 rings (SSSR count). The van der Waals surface area contributed by atoms with Crippen molar-refractivity contribution >= 4 is 11.9 Å². The number of rotatable bonds is 4. The van der Waals surface area contributed by atoms with Crippen molar-refractivity contribution in [2.24, 2.45) is 5.92 Å². The highest BCUT2D eigenvalue weighted by Crippen LogP contribution is 2.26. The molecule has 1 aliphatic heterocycles. The summed E-state index contributed by atoms with van der Waals surface area (Å²) in [6.07, 6.45) is 5.82. The highest BCUT2D eigenvalue weighted by Gasteiger charge is 2.28. The first kappa shape index (κ1) is 17.0. The Balaban J connectivity index is 1.40. The van der Waals surface area contributed by atoms with Crippen LogP contribution in [0.3, 0.4) is 0 Å². The molecule has 0 bridgehead atoms. The second-order valence-electron chi connectivity index (χ2n) is 6.93. The van der Waals surface area contributed by atoms with Gasteiger partial charge in [-0.2, -0.15) is 0 Å². The molecule has 1 aliphatic carbocycles. The van der Waals surface area contributed by atoms with Gasteiger partial charge in [0, 0.05) is 30.9 Å². The average molecular weight is 356 g/mol. The molecular formula is C19H24N4O3. The first-order valence-electron chi connectivity index (χ1n) is 9.22. The van der Waals surface area contributed by atoms with Crippen LogP contribution >= 0.6 is 0 Å². The lowest BCUT2D eigenvalue weighted by Crippen LogP contribution is -2.38. The van der Waals surface area contributed by atoms with Crippen molar-refractivity contribution in [3.8, 4) is 0 Å². The summed E-state index contributed by atoms with van der Waals surface area (Å²) in [5.74, 6) is 1.57. The Morgan fingerprint density at radius 2 is 2.23 bits per heavy atom. The third-order valence-electron chi connectivity index (χ3n) is 5.13. The minimum absolute atomic E-state index is 0.0438. The van der Waals surface area contributed by atoms with E-state index in [1.807, 2.05) is 25.3 Å². The molecule has 1 amide bonds. The molecule has 0 saturated carbocycles. The number of carbonyl (C=O) groups is 1. The van der Waals surface area contributed by atoms with Gasteiger partial charge in [0.25, 0.3) is 0 Å². The average Bonchev–Trinajstić information content (AvgIpc) is 3.23. The molecule has 1 N–H and O–H groups in total. The summed E-state index contributed by atoms with van der Waals surface area (Å²) in [5, 5.41) is 3.05. The first-order valence-corrected chi connectivity index (χ1v) is 9.22. The van der Waals surface area contributed by atoms with Crippen molar-refractivity contribution in [3.05, 3.63) is 41.6 Å². The zero-order valence-corrected chi connectivity index (χ0v) is 15.0. The molecule has 0 aromatic carbocycles. The summed E-state index contributed by atoms with van der Waals surface area (Å²) < 4.78 is 10.7. The third-order valence-corrected chi connectivity index (χ3v) is 5.13. The number of amides is 1. The number of carbonyl (C=O) groups excluding carboxylic acids is 1. The van der Waals surface area contributed by atoms with Gasteiger partial charge in [-0.25, -0.2) is 9.97 Å². The molecule has 0 spiro atoms. The molecule has 1 fully saturated rings. The van der Waals surface area contributed by atoms with Gasteiger partial charge >= 0.3 is 0 Å². The van der Waals surface area contributed by atoms with E-state index >= 15 is 0 Å². The molecule has 7 nitrogen and oxygen atoms in total. The fourth-order valence-corrected chi connectivity index (χ4v) is 3.58. The van der Waals surface area contributed by atoms with Gasteiger partial charge in [-0.1, -0.05) is 0 Å². The van der Waals surface area contributed by atoms with Gasteiger partial charge in [0.05, 0.1) is 25.5 Å². The number of morpholine rings is 1. The largest absolute Gasteiger partial charge is 0.467 e. The summed E-state index contributed by atoms with van der Waals surface area (Å²) in [6, 6.07) is 3.58. The van der Waals surface area contributed by atoms with E-state index in [9.17, 15) is 4.79 Å². The van der Waals surface area contributed by atoms with Crippen molar-refractivity contribution < 1.29 is 13.9 Å². The lowest BCUT2D eigenvalue weighted by atomic mass is 9.86. The Labute approximate surface area is 152 Å². The molecule has 7 heteroatoms. The predicted molar refractivity (Wildman–Crippen MR) is 95.8 cm³/mol. The molecule has 0 unspecified atom stereocenters. The van der Waals surface area contributed by atoms with Crippen LogP contribution in [0.1, 0.15) is 36.4 Å². The topological polar surface area (TPSA) is 80.5 Å². The summed E-state index contributed by atoms with van der Waals surface area (Å²) in [4.78, 5) is 24.0. The van der Waals surface area contributed by atoms with E-state index in [1.54, 1.807) is 6.26 Å². The maximum absolute atomic E-state index is 12.6. The molecule has 0 radical (unpaired) electrons. The molecule has 2 aliphatic rings. The van der Waals surface area contributed by atoms with E-state index in [1.165, 1.54) is 0 Å². The van der Waals surface area contributed by atoms with Crippen LogP contribution in [0.15, 0.2) is 29.0 Å². The molecule has 26 heavy (non-hydrogen) atoms. The van der Waals surface area contributed by atoms with E-state index in [0.717, 1.165) is 62.1 Å². The Bertz CT molecular complexity index is 756. The lowest BCUT2D eigenvalue weighted by molar-refractivity contribution is -0.126. The Morgan fingerprint density at radius 1 is 1.38 bits per heavy atom. The zero-order chi connectivity index (χ0) is 17.9. The van der Waals surface area contributed by atoms with E-state index < -0.39 is 0 Å². The number of anilines is 1. The number of aromatic nitrogens is 2. The standard InChI is InChI=1S/C19H24N4O3/c1-13(17-3-2-8-26-17)21-18(24)14-4-5-16-15(11-14)12-20-19(22-16)23-6-9-25-10-7-23/h2-3,8,12-14H,4-7,9-11H2,1H3,(H,21,24)/t13-,14+/m1/s1. The predicted octanol–water partition coefficient (Wildman–Crippen LogP) is 1.89.